The lowest BCUT2D eigenvalue weighted by atomic mass is 9.88. The van der Waals surface area contributed by atoms with Gasteiger partial charge in [0.1, 0.15) is 11.9 Å². The Morgan fingerprint density at radius 3 is 2.65 bits per heavy atom. The summed E-state index contributed by atoms with van der Waals surface area (Å²) in [5.74, 6) is 1.53. The largest absolute Gasteiger partial charge is 0.467 e. The molecule has 2 atom stereocenters. The summed E-state index contributed by atoms with van der Waals surface area (Å²) < 4.78 is 11.2. The molecule has 17 heavy (non-hydrogen) atoms. The van der Waals surface area contributed by atoms with Gasteiger partial charge in [-0.1, -0.05) is 30.3 Å². The molecule has 0 saturated carbocycles. The average Bonchev–Trinajstić information content (AvgIpc) is 2.94. The Balaban J connectivity index is 1.76. The Bertz CT molecular complexity index is 447. The van der Waals surface area contributed by atoms with Crippen LogP contribution in [-0.2, 0) is 4.74 Å². The minimum Gasteiger partial charge on any atom is -0.467 e. The van der Waals surface area contributed by atoms with Gasteiger partial charge in [-0.2, -0.15) is 0 Å². The predicted molar refractivity (Wildman–Crippen MR) is 65.8 cm³/mol. The van der Waals surface area contributed by atoms with E-state index in [1.54, 1.807) is 6.26 Å². The summed E-state index contributed by atoms with van der Waals surface area (Å²) in [5, 5.41) is 0. The van der Waals surface area contributed by atoms with E-state index in [9.17, 15) is 0 Å². The number of hydrogen-bond donors (Lipinski definition) is 0. The second kappa shape index (κ2) is 4.76. The number of ether oxygens (including phenoxy) is 1. The normalized spacial score (nSPS) is 24.7. The van der Waals surface area contributed by atoms with Gasteiger partial charge in [-0.3, -0.25) is 0 Å². The van der Waals surface area contributed by atoms with Crippen LogP contribution in [0.1, 0.15) is 36.2 Å². The summed E-state index contributed by atoms with van der Waals surface area (Å²) >= 11 is 0. The van der Waals surface area contributed by atoms with Crippen LogP contribution in [0.4, 0.5) is 0 Å². The van der Waals surface area contributed by atoms with Gasteiger partial charge in [0.05, 0.1) is 6.26 Å². The molecule has 2 nitrogen and oxygen atoms in total. The van der Waals surface area contributed by atoms with E-state index in [0.29, 0.717) is 5.92 Å². The van der Waals surface area contributed by atoms with Crippen LogP contribution >= 0.6 is 0 Å². The van der Waals surface area contributed by atoms with Crippen LogP contribution in [0.3, 0.4) is 0 Å². The van der Waals surface area contributed by atoms with Crippen LogP contribution in [-0.4, -0.2) is 6.61 Å². The smallest absolute Gasteiger partial charge is 0.132 e. The molecule has 3 rings (SSSR count). The van der Waals surface area contributed by atoms with Gasteiger partial charge in [-0.25, -0.2) is 0 Å². The van der Waals surface area contributed by atoms with Crippen molar-refractivity contribution in [2.24, 2.45) is 0 Å². The first kappa shape index (κ1) is 10.6. The summed E-state index contributed by atoms with van der Waals surface area (Å²) in [6.45, 7) is 0.810. The fraction of sp³-hybridized carbons (Fsp3) is 0.333. The molecule has 1 aromatic heterocycles. The first-order valence-corrected chi connectivity index (χ1v) is 6.13. The average molecular weight is 228 g/mol. The fourth-order valence-electron chi connectivity index (χ4n) is 2.50. The zero-order valence-corrected chi connectivity index (χ0v) is 9.71. The summed E-state index contributed by atoms with van der Waals surface area (Å²) in [4.78, 5) is 0. The molecule has 1 saturated heterocycles. The van der Waals surface area contributed by atoms with Gasteiger partial charge in [0.15, 0.2) is 0 Å². The van der Waals surface area contributed by atoms with E-state index in [-0.39, 0.29) is 6.10 Å². The van der Waals surface area contributed by atoms with Gasteiger partial charge < -0.3 is 9.15 Å². The highest BCUT2D eigenvalue weighted by molar-refractivity contribution is 5.20. The molecule has 0 unspecified atom stereocenters. The summed E-state index contributed by atoms with van der Waals surface area (Å²) in [5.41, 5.74) is 1.41. The molecule has 2 heterocycles. The van der Waals surface area contributed by atoms with Crippen molar-refractivity contribution in [3.05, 3.63) is 60.1 Å². The van der Waals surface area contributed by atoms with Crippen molar-refractivity contribution in [1.82, 2.24) is 0 Å². The molecule has 0 bridgehead atoms. The molecule has 1 aliphatic heterocycles. The quantitative estimate of drug-likeness (QED) is 0.777. The highest BCUT2D eigenvalue weighted by atomic mass is 16.5. The summed E-state index contributed by atoms with van der Waals surface area (Å²) in [6.07, 6.45) is 3.94. The molecule has 1 aliphatic rings. The van der Waals surface area contributed by atoms with Crippen LogP contribution in [0.2, 0.25) is 0 Å². The van der Waals surface area contributed by atoms with Crippen LogP contribution < -0.4 is 0 Å². The molecule has 1 fully saturated rings. The molecule has 0 amide bonds. The van der Waals surface area contributed by atoms with Gasteiger partial charge in [-0.05, 0) is 36.5 Å². The maximum atomic E-state index is 5.78. The minimum atomic E-state index is 0.115. The second-order valence-corrected chi connectivity index (χ2v) is 4.51. The monoisotopic (exact) mass is 228 g/mol. The Kier molecular flexibility index (Phi) is 2.97. The molecule has 88 valence electrons. The molecule has 0 spiro atoms. The van der Waals surface area contributed by atoms with Crippen molar-refractivity contribution in [3.8, 4) is 0 Å². The van der Waals surface area contributed by atoms with Gasteiger partial charge in [0.25, 0.3) is 0 Å². The third kappa shape index (κ3) is 2.27. The minimum absolute atomic E-state index is 0.115. The second-order valence-electron chi connectivity index (χ2n) is 4.51. The zero-order chi connectivity index (χ0) is 11.5. The van der Waals surface area contributed by atoms with Crippen molar-refractivity contribution in [1.29, 1.82) is 0 Å². The molecular weight excluding hydrogens is 212 g/mol. The third-order valence-corrected chi connectivity index (χ3v) is 3.42. The van der Waals surface area contributed by atoms with Crippen molar-refractivity contribution in [2.45, 2.75) is 24.9 Å². The highest BCUT2D eigenvalue weighted by Crippen LogP contribution is 2.37. The van der Waals surface area contributed by atoms with E-state index in [1.165, 1.54) is 5.56 Å². The van der Waals surface area contributed by atoms with Crippen molar-refractivity contribution in [3.63, 3.8) is 0 Å². The maximum absolute atomic E-state index is 5.78. The molecular formula is C15H16O2. The SMILES string of the molecule is c1ccc([C@@H]2CCO[C@H](c3ccco3)C2)cc1. The molecule has 2 heteroatoms. The van der Waals surface area contributed by atoms with Gasteiger partial charge in [0.2, 0.25) is 0 Å². The van der Waals surface area contributed by atoms with Crippen LogP contribution in [0.5, 0.6) is 0 Å². The number of hydrogen-bond acceptors (Lipinski definition) is 2. The lowest BCUT2D eigenvalue weighted by Crippen LogP contribution is -2.18. The number of furan rings is 1. The van der Waals surface area contributed by atoms with Crippen LogP contribution in [0.25, 0.3) is 0 Å². The van der Waals surface area contributed by atoms with E-state index >= 15 is 0 Å². The van der Waals surface area contributed by atoms with E-state index in [4.69, 9.17) is 9.15 Å². The van der Waals surface area contributed by atoms with Crippen LogP contribution in [0, 0.1) is 0 Å². The highest BCUT2D eigenvalue weighted by Gasteiger charge is 2.26. The molecule has 1 aromatic carbocycles. The number of benzene rings is 1. The first-order valence-electron chi connectivity index (χ1n) is 6.13. The molecule has 0 radical (unpaired) electrons. The third-order valence-electron chi connectivity index (χ3n) is 3.42. The summed E-state index contributed by atoms with van der Waals surface area (Å²) in [7, 11) is 0. The Morgan fingerprint density at radius 2 is 1.88 bits per heavy atom. The first-order chi connectivity index (χ1) is 8.43. The zero-order valence-electron chi connectivity index (χ0n) is 9.71. The van der Waals surface area contributed by atoms with Gasteiger partial charge in [-0.15, -0.1) is 0 Å². The van der Waals surface area contributed by atoms with E-state index in [1.807, 2.05) is 12.1 Å². The van der Waals surface area contributed by atoms with Crippen molar-refractivity contribution in [2.75, 3.05) is 6.61 Å². The summed E-state index contributed by atoms with van der Waals surface area (Å²) in [6, 6.07) is 14.6. The Hall–Kier alpha value is -1.54. The standard InChI is InChI=1S/C15H16O2/c1-2-5-12(6-3-1)13-8-10-17-15(11-13)14-7-4-9-16-14/h1-7,9,13,15H,8,10-11H2/t13-,15+/m1/s1. The lowest BCUT2D eigenvalue weighted by Gasteiger charge is -2.28. The predicted octanol–water partition coefficient (Wildman–Crippen LogP) is 3.91. The maximum Gasteiger partial charge on any atom is 0.132 e. The molecule has 0 aliphatic carbocycles. The van der Waals surface area contributed by atoms with Gasteiger partial charge in [0, 0.05) is 6.61 Å². The molecule has 2 aromatic rings. The van der Waals surface area contributed by atoms with E-state index < -0.39 is 0 Å². The van der Waals surface area contributed by atoms with Crippen LogP contribution in [0.15, 0.2) is 53.1 Å². The van der Waals surface area contributed by atoms with E-state index in [0.717, 1.165) is 25.2 Å². The lowest BCUT2D eigenvalue weighted by molar-refractivity contribution is -0.00725. The Labute approximate surface area is 101 Å². The van der Waals surface area contributed by atoms with Crippen molar-refractivity contribution >= 4 is 0 Å². The Morgan fingerprint density at radius 1 is 1.00 bits per heavy atom. The number of rotatable bonds is 2. The molecule has 0 N–H and O–H groups in total. The fourth-order valence-corrected chi connectivity index (χ4v) is 2.50. The van der Waals surface area contributed by atoms with Gasteiger partial charge >= 0.3 is 0 Å². The van der Waals surface area contributed by atoms with Crippen molar-refractivity contribution < 1.29 is 9.15 Å². The van der Waals surface area contributed by atoms with E-state index in [2.05, 4.69) is 30.3 Å². The topological polar surface area (TPSA) is 22.4 Å².